The van der Waals surface area contributed by atoms with E-state index >= 15 is 0 Å². The van der Waals surface area contributed by atoms with Gasteiger partial charge in [-0.15, -0.1) is 0 Å². The Labute approximate surface area is 139 Å². The SMILES string of the molecule is O=C(C1CC1)N1CCCC[C@H]1c1nc(-c2ccc(Cl)cc2)no1. The highest BCUT2D eigenvalue weighted by Crippen LogP contribution is 2.37. The molecule has 23 heavy (non-hydrogen) atoms. The number of rotatable bonds is 3. The molecule has 1 amide bonds. The molecular formula is C17H18ClN3O2. The average Bonchev–Trinajstić information content (AvgIpc) is 3.32. The fraction of sp³-hybridized carbons (Fsp3) is 0.471. The fourth-order valence-corrected chi connectivity index (χ4v) is 3.23. The monoisotopic (exact) mass is 331 g/mol. The Balaban J connectivity index is 1.58. The molecular weight excluding hydrogens is 314 g/mol. The molecule has 0 spiro atoms. The van der Waals surface area contributed by atoms with E-state index < -0.39 is 0 Å². The molecule has 2 fully saturated rings. The Morgan fingerprint density at radius 2 is 1.96 bits per heavy atom. The minimum absolute atomic E-state index is 0.0783. The Hall–Kier alpha value is -1.88. The van der Waals surface area contributed by atoms with E-state index in [9.17, 15) is 4.79 Å². The first-order valence-corrected chi connectivity index (χ1v) is 8.50. The second-order valence-electron chi connectivity index (χ2n) is 6.28. The number of carbonyl (C=O) groups is 1. The molecule has 1 aromatic heterocycles. The predicted molar refractivity (Wildman–Crippen MR) is 85.8 cm³/mol. The first kappa shape index (κ1) is 14.7. The van der Waals surface area contributed by atoms with Crippen molar-refractivity contribution in [2.24, 2.45) is 5.92 Å². The number of piperidine rings is 1. The van der Waals surface area contributed by atoms with Gasteiger partial charge in [0.15, 0.2) is 0 Å². The number of aromatic nitrogens is 2. The molecule has 0 N–H and O–H groups in total. The van der Waals surface area contributed by atoms with E-state index in [1.165, 1.54) is 0 Å². The van der Waals surface area contributed by atoms with Crippen LogP contribution in [0.15, 0.2) is 28.8 Å². The smallest absolute Gasteiger partial charge is 0.249 e. The number of halogens is 1. The number of amides is 1. The van der Waals surface area contributed by atoms with Crippen molar-refractivity contribution < 1.29 is 9.32 Å². The number of carbonyl (C=O) groups excluding carboxylic acids is 1. The molecule has 5 nitrogen and oxygen atoms in total. The molecule has 1 saturated heterocycles. The second kappa shape index (κ2) is 5.96. The van der Waals surface area contributed by atoms with Crippen LogP contribution in [0.1, 0.15) is 44.0 Å². The van der Waals surface area contributed by atoms with E-state index in [4.69, 9.17) is 16.1 Å². The largest absolute Gasteiger partial charge is 0.337 e. The van der Waals surface area contributed by atoms with Crippen molar-refractivity contribution >= 4 is 17.5 Å². The lowest BCUT2D eigenvalue weighted by atomic mass is 10.0. The van der Waals surface area contributed by atoms with Crippen LogP contribution < -0.4 is 0 Å². The molecule has 1 atom stereocenters. The standard InChI is InChI=1S/C17H18ClN3O2/c18-13-8-6-11(7-9-13)15-19-16(23-20-15)14-3-1-2-10-21(14)17(22)12-4-5-12/h6-9,12,14H,1-5,10H2/t14-/m0/s1. The van der Waals surface area contributed by atoms with Crippen LogP contribution in [-0.2, 0) is 4.79 Å². The first-order valence-electron chi connectivity index (χ1n) is 8.12. The number of hydrogen-bond acceptors (Lipinski definition) is 4. The zero-order valence-electron chi connectivity index (χ0n) is 12.7. The van der Waals surface area contributed by atoms with Crippen molar-refractivity contribution in [2.45, 2.75) is 38.1 Å². The van der Waals surface area contributed by atoms with Crippen LogP contribution in [0.4, 0.5) is 0 Å². The summed E-state index contributed by atoms with van der Waals surface area (Å²) in [7, 11) is 0. The van der Waals surface area contributed by atoms with Gasteiger partial charge in [-0.3, -0.25) is 4.79 Å². The van der Waals surface area contributed by atoms with Crippen molar-refractivity contribution in [3.63, 3.8) is 0 Å². The highest BCUT2D eigenvalue weighted by Gasteiger charge is 2.39. The number of benzene rings is 1. The van der Waals surface area contributed by atoms with Gasteiger partial charge in [0.25, 0.3) is 0 Å². The lowest BCUT2D eigenvalue weighted by Crippen LogP contribution is -2.39. The molecule has 2 aliphatic rings. The van der Waals surface area contributed by atoms with Gasteiger partial charge in [-0.1, -0.05) is 16.8 Å². The van der Waals surface area contributed by atoms with Crippen molar-refractivity contribution in [3.05, 3.63) is 35.2 Å². The summed E-state index contributed by atoms with van der Waals surface area (Å²) in [4.78, 5) is 19.0. The number of likely N-dealkylation sites (tertiary alicyclic amines) is 1. The molecule has 1 aliphatic heterocycles. The quantitative estimate of drug-likeness (QED) is 0.857. The van der Waals surface area contributed by atoms with Crippen molar-refractivity contribution in [2.75, 3.05) is 6.54 Å². The molecule has 1 saturated carbocycles. The van der Waals surface area contributed by atoms with Gasteiger partial charge in [0.1, 0.15) is 6.04 Å². The summed E-state index contributed by atoms with van der Waals surface area (Å²) >= 11 is 5.91. The van der Waals surface area contributed by atoms with Gasteiger partial charge < -0.3 is 9.42 Å². The Morgan fingerprint density at radius 1 is 1.17 bits per heavy atom. The Kier molecular flexibility index (Phi) is 3.81. The Bertz CT molecular complexity index is 709. The highest BCUT2D eigenvalue weighted by molar-refractivity contribution is 6.30. The molecule has 4 rings (SSSR count). The summed E-state index contributed by atoms with van der Waals surface area (Å²) in [6.45, 7) is 0.790. The lowest BCUT2D eigenvalue weighted by Gasteiger charge is -2.33. The van der Waals surface area contributed by atoms with Crippen molar-refractivity contribution in [3.8, 4) is 11.4 Å². The van der Waals surface area contributed by atoms with E-state index in [2.05, 4.69) is 10.1 Å². The van der Waals surface area contributed by atoms with Gasteiger partial charge in [-0.25, -0.2) is 0 Å². The summed E-state index contributed by atoms with van der Waals surface area (Å²) in [6, 6.07) is 7.26. The molecule has 1 aromatic carbocycles. The normalized spacial score (nSPS) is 21.4. The van der Waals surface area contributed by atoms with Crippen LogP contribution in [0, 0.1) is 5.92 Å². The van der Waals surface area contributed by atoms with E-state index in [1.807, 2.05) is 17.0 Å². The maximum atomic E-state index is 12.5. The maximum absolute atomic E-state index is 12.5. The third kappa shape index (κ3) is 2.98. The van der Waals surface area contributed by atoms with Gasteiger partial charge >= 0.3 is 0 Å². The summed E-state index contributed by atoms with van der Waals surface area (Å²) in [6.07, 6.45) is 5.05. The number of hydrogen-bond donors (Lipinski definition) is 0. The minimum Gasteiger partial charge on any atom is -0.337 e. The summed E-state index contributed by atoms with van der Waals surface area (Å²) < 4.78 is 5.48. The zero-order valence-corrected chi connectivity index (χ0v) is 13.5. The van der Waals surface area contributed by atoms with Crippen LogP contribution in [-0.4, -0.2) is 27.5 Å². The third-order valence-corrected chi connectivity index (χ3v) is 4.79. The van der Waals surface area contributed by atoms with Crippen LogP contribution >= 0.6 is 11.6 Å². The fourth-order valence-electron chi connectivity index (χ4n) is 3.10. The number of nitrogens with zero attached hydrogens (tertiary/aromatic N) is 3. The Morgan fingerprint density at radius 3 is 2.70 bits per heavy atom. The third-order valence-electron chi connectivity index (χ3n) is 4.54. The first-order chi connectivity index (χ1) is 11.2. The molecule has 1 aliphatic carbocycles. The van der Waals surface area contributed by atoms with Crippen LogP contribution in [0.5, 0.6) is 0 Å². The lowest BCUT2D eigenvalue weighted by molar-refractivity contribution is -0.137. The van der Waals surface area contributed by atoms with Crippen LogP contribution in [0.3, 0.4) is 0 Å². The maximum Gasteiger partial charge on any atom is 0.249 e. The van der Waals surface area contributed by atoms with Gasteiger partial charge in [0, 0.05) is 23.0 Å². The van der Waals surface area contributed by atoms with Crippen molar-refractivity contribution in [1.82, 2.24) is 15.0 Å². The average molecular weight is 332 g/mol. The van der Waals surface area contributed by atoms with E-state index in [0.717, 1.165) is 44.2 Å². The highest BCUT2D eigenvalue weighted by atomic mass is 35.5. The van der Waals surface area contributed by atoms with E-state index in [1.54, 1.807) is 12.1 Å². The predicted octanol–water partition coefficient (Wildman–Crippen LogP) is 3.85. The van der Waals surface area contributed by atoms with Gasteiger partial charge in [-0.2, -0.15) is 4.98 Å². The minimum atomic E-state index is -0.0783. The molecule has 0 radical (unpaired) electrons. The molecule has 2 aromatic rings. The summed E-state index contributed by atoms with van der Waals surface area (Å²) in [5.74, 6) is 1.56. The zero-order chi connectivity index (χ0) is 15.8. The van der Waals surface area contributed by atoms with Crippen molar-refractivity contribution in [1.29, 1.82) is 0 Å². The molecule has 2 heterocycles. The molecule has 120 valence electrons. The van der Waals surface area contributed by atoms with E-state index in [-0.39, 0.29) is 17.9 Å². The van der Waals surface area contributed by atoms with E-state index in [0.29, 0.717) is 16.7 Å². The van der Waals surface area contributed by atoms with Gasteiger partial charge in [0.05, 0.1) is 0 Å². The molecule has 0 unspecified atom stereocenters. The summed E-state index contributed by atoms with van der Waals surface area (Å²) in [5, 5.41) is 4.75. The van der Waals surface area contributed by atoms with Crippen LogP contribution in [0.2, 0.25) is 5.02 Å². The van der Waals surface area contributed by atoms with Crippen LogP contribution in [0.25, 0.3) is 11.4 Å². The van der Waals surface area contributed by atoms with Gasteiger partial charge in [-0.05, 0) is 56.4 Å². The topological polar surface area (TPSA) is 59.2 Å². The van der Waals surface area contributed by atoms with Gasteiger partial charge in [0.2, 0.25) is 17.6 Å². The summed E-state index contributed by atoms with van der Waals surface area (Å²) in [5.41, 5.74) is 0.861. The molecule has 0 bridgehead atoms. The second-order valence-corrected chi connectivity index (χ2v) is 6.72. The molecule has 6 heteroatoms.